The van der Waals surface area contributed by atoms with Crippen LogP contribution in [0.2, 0.25) is 0 Å². The summed E-state index contributed by atoms with van der Waals surface area (Å²) in [6, 6.07) is 8.26. The second kappa shape index (κ2) is 6.35. The Morgan fingerprint density at radius 2 is 1.95 bits per heavy atom. The maximum absolute atomic E-state index is 5.28. The quantitative estimate of drug-likeness (QED) is 0.869. The minimum absolute atomic E-state index is 0.819. The summed E-state index contributed by atoms with van der Waals surface area (Å²) in [6.07, 6.45) is 0. The van der Waals surface area contributed by atoms with E-state index in [1.165, 1.54) is 17.0 Å². The molecule has 0 unspecified atom stereocenters. The van der Waals surface area contributed by atoms with E-state index in [1.807, 2.05) is 12.1 Å². The first-order valence-electron chi connectivity index (χ1n) is 6.79. The van der Waals surface area contributed by atoms with Crippen molar-refractivity contribution < 1.29 is 4.74 Å². The number of ether oxygens (including phenoxy) is 1. The van der Waals surface area contributed by atoms with Gasteiger partial charge in [-0.2, -0.15) is 0 Å². The fourth-order valence-corrected chi connectivity index (χ4v) is 2.99. The van der Waals surface area contributed by atoms with Crippen LogP contribution < -0.4 is 10.1 Å². The molecule has 1 aromatic heterocycles. The third-order valence-corrected chi connectivity index (χ3v) is 4.04. The lowest BCUT2D eigenvalue weighted by Gasteiger charge is -2.10. The first-order valence-corrected chi connectivity index (χ1v) is 7.58. The Hall–Kier alpha value is -1.42. The van der Waals surface area contributed by atoms with Crippen molar-refractivity contribution in [1.29, 1.82) is 0 Å². The molecule has 3 nitrogen and oxygen atoms in total. The van der Waals surface area contributed by atoms with Gasteiger partial charge in [0.25, 0.3) is 0 Å². The molecule has 0 radical (unpaired) electrons. The van der Waals surface area contributed by atoms with Crippen LogP contribution in [0.1, 0.15) is 23.9 Å². The van der Waals surface area contributed by atoms with E-state index in [-0.39, 0.29) is 0 Å². The average molecular weight is 337 g/mol. The molecule has 1 aromatic carbocycles. The number of hydrogen-bond acceptors (Lipinski definition) is 2. The van der Waals surface area contributed by atoms with Gasteiger partial charge in [0, 0.05) is 40.7 Å². The fourth-order valence-electron chi connectivity index (χ4n) is 2.52. The molecule has 2 rings (SSSR count). The minimum atomic E-state index is 0.819. The molecule has 0 aliphatic rings. The maximum Gasteiger partial charge on any atom is 0.122 e. The molecule has 0 saturated heterocycles. The fraction of sp³-hybridized carbons (Fsp3) is 0.375. The Balaban J connectivity index is 2.14. The highest BCUT2D eigenvalue weighted by Gasteiger charge is 2.07. The van der Waals surface area contributed by atoms with Crippen molar-refractivity contribution >= 4 is 21.6 Å². The number of hydrogen-bond donors (Lipinski definition) is 1. The number of anilines is 1. The number of benzene rings is 1. The van der Waals surface area contributed by atoms with Crippen molar-refractivity contribution in [2.24, 2.45) is 0 Å². The molecule has 0 fully saturated rings. The number of methoxy groups -OCH3 is 1. The van der Waals surface area contributed by atoms with Crippen molar-refractivity contribution in [3.8, 4) is 5.75 Å². The zero-order chi connectivity index (χ0) is 14.7. The molecule has 0 aliphatic carbocycles. The molecule has 4 heteroatoms. The van der Waals surface area contributed by atoms with E-state index in [0.717, 1.165) is 29.0 Å². The molecule has 1 heterocycles. The van der Waals surface area contributed by atoms with Crippen LogP contribution in [0.5, 0.6) is 5.75 Å². The van der Waals surface area contributed by atoms with Crippen molar-refractivity contribution in [3.05, 3.63) is 45.7 Å². The minimum Gasteiger partial charge on any atom is -0.497 e. The van der Waals surface area contributed by atoms with E-state index in [0.29, 0.717) is 0 Å². The standard InChI is InChI=1S/C16H21BrN2O/c1-5-19-11(2)6-13(12(19)3)10-18-15-7-14(17)8-16(9-15)20-4/h6-9,18H,5,10H2,1-4H3. The molecule has 0 bridgehead atoms. The van der Waals surface area contributed by atoms with Crippen LogP contribution in [0.25, 0.3) is 0 Å². The summed E-state index contributed by atoms with van der Waals surface area (Å²) in [6.45, 7) is 8.34. The van der Waals surface area contributed by atoms with Gasteiger partial charge >= 0.3 is 0 Å². The third kappa shape index (κ3) is 3.18. The number of aromatic nitrogens is 1. The predicted octanol–water partition coefficient (Wildman–Crippen LogP) is 4.51. The molecule has 108 valence electrons. The van der Waals surface area contributed by atoms with Crippen LogP contribution in [0.4, 0.5) is 5.69 Å². The van der Waals surface area contributed by atoms with Crippen LogP contribution in [0, 0.1) is 13.8 Å². The highest BCUT2D eigenvalue weighted by Crippen LogP contribution is 2.25. The first-order chi connectivity index (χ1) is 9.55. The van der Waals surface area contributed by atoms with Gasteiger partial charge in [0.05, 0.1) is 7.11 Å². The lowest BCUT2D eigenvalue weighted by molar-refractivity contribution is 0.414. The first kappa shape index (κ1) is 15.0. The lowest BCUT2D eigenvalue weighted by atomic mass is 10.2. The maximum atomic E-state index is 5.28. The van der Waals surface area contributed by atoms with Gasteiger partial charge in [-0.05, 0) is 44.5 Å². The van der Waals surface area contributed by atoms with Crippen molar-refractivity contribution in [2.75, 3.05) is 12.4 Å². The largest absolute Gasteiger partial charge is 0.497 e. The zero-order valence-electron chi connectivity index (χ0n) is 12.5. The summed E-state index contributed by atoms with van der Waals surface area (Å²) in [5, 5.41) is 3.46. The summed E-state index contributed by atoms with van der Waals surface area (Å²) < 4.78 is 8.62. The monoisotopic (exact) mass is 336 g/mol. The number of nitrogens with one attached hydrogen (secondary N) is 1. The summed E-state index contributed by atoms with van der Waals surface area (Å²) in [5.74, 6) is 0.848. The van der Waals surface area contributed by atoms with Gasteiger partial charge in [-0.3, -0.25) is 0 Å². The Kier molecular flexibility index (Phi) is 4.76. The van der Waals surface area contributed by atoms with Crippen LogP contribution in [0.3, 0.4) is 0 Å². The SMILES string of the molecule is CCn1c(C)cc(CNc2cc(Br)cc(OC)c2)c1C. The molecule has 2 aromatic rings. The van der Waals surface area contributed by atoms with Gasteiger partial charge in [0.1, 0.15) is 5.75 Å². The molecular weight excluding hydrogens is 316 g/mol. The van der Waals surface area contributed by atoms with Crippen molar-refractivity contribution in [3.63, 3.8) is 0 Å². The number of nitrogens with zero attached hydrogens (tertiary/aromatic N) is 1. The second-order valence-electron chi connectivity index (χ2n) is 4.87. The van der Waals surface area contributed by atoms with E-state index >= 15 is 0 Å². The van der Waals surface area contributed by atoms with E-state index < -0.39 is 0 Å². The number of aryl methyl sites for hydroxylation is 1. The molecular formula is C16H21BrN2O. The average Bonchev–Trinajstić information content (AvgIpc) is 2.70. The van der Waals surface area contributed by atoms with Crippen LogP contribution in [-0.2, 0) is 13.1 Å². The second-order valence-corrected chi connectivity index (χ2v) is 5.79. The predicted molar refractivity (Wildman–Crippen MR) is 87.6 cm³/mol. The Labute approximate surface area is 129 Å². The Morgan fingerprint density at radius 1 is 1.20 bits per heavy atom. The third-order valence-electron chi connectivity index (χ3n) is 3.58. The topological polar surface area (TPSA) is 26.2 Å². The van der Waals surface area contributed by atoms with Gasteiger partial charge in [-0.1, -0.05) is 15.9 Å². The van der Waals surface area contributed by atoms with Crippen molar-refractivity contribution in [2.45, 2.75) is 33.9 Å². The van der Waals surface area contributed by atoms with Gasteiger partial charge in [-0.25, -0.2) is 0 Å². The summed E-state index contributed by atoms with van der Waals surface area (Å²) in [5.41, 5.74) is 5.04. The molecule has 0 aliphatic heterocycles. The van der Waals surface area contributed by atoms with E-state index in [1.54, 1.807) is 7.11 Å². The van der Waals surface area contributed by atoms with Gasteiger partial charge < -0.3 is 14.6 Å². The smallest absolute Gasteiger partial charge is 0.122 e. The Morgan fingerprint density at radius 3 is 2.55 bits per heavy atom. The van der Waals surface area contributed by atoms with E-state index in [9.17, 15) is 0 Å². The van der Waals surface area contributed by atoms with Crippen LogP contribution in [-0.4, -0.2) is 11.7 Å². The normalized spacial score (nSPS) is 10.7. The van der Waals surface area contributed by atoms with Crippen LogP contribution in [0.15, 0.2) is 28.7 Å². The molecule has 0 atom stereocenters. The lowest BCUT2D eigenvalue weighted by Crippen LogP contribution is -2.03. The van der Waals surface area contributed by atoms with Crippen molar-refractivity contribution in [1.82, 2.24) is 4.57 Å². The summed E-state index contributed by atoms with van der Waals surface area (Å²) >= 11 is 3.50. The molecule has 0 saturated carbocycles. The number of halogens is 1. The zero-order valence-corrected chi connectivity index (χ0v) is 14.0. The van der Waals surface area contributed by atoms with Gasteiger partial charge in [-0.15, -0.1) is 0 Å². The highest BCUT2D eigenvalue weighted by molar-refractivity contribution is 9.10. The number of rotatable bonds is 5. The summed E-state index contributed by atoms with van der Waals surface area (Å²) in [7, 11) is 1.68. The Bertz CT molecular complexity index is 605. The highest BCUT2D eigenvalue weighted by atomic mass is 79.9. The van der Waals surface area contributed by atoms with Gasteiger partial charge in [0.2, 0.25) is 0 Å². The molecule has 20 heavy (non-hydrogen) atoms. The van der Waals surface area contributed by atoms with Gasteiger partial charge in [0.15, 0.2) is 0 Å². The summed E-state index contributed by atoms with van der Waals surface area (Å²) in [4.78, 5) is 0. The van der Waals surface area contributed by atoms with E-state index in [4.69, 9.17) is 4.74 Å². The van der Waals surface area contributed by atoms with E-state index in [2.05, 4.69) is 58.7 Å². The molecule has 0 amide bonds. The molecule has 1 N–H and O–H groups in total. The molecule has 0 spiro atoms. The van der Waals surface area contributed by atoms with Crippen LogP contribution >= 0.6 is 15.9 Å².